The van der Waals surface area contributed by atoms with Crippen LogP contribution in [0.1, 0.15) is 40.2 Å². The molecule has 0 aromatic heterocycles. The summed E-state index contributed by atoms with van der Waals surface area (Å²) < 4.78 is 12.4. The van der Waals surface area contributed by atoms with Crippen LogP contribution < -0.4 is 0 Å². The first-order chi connectivity index (χ1) is 11.6. The third kappa shape index (κ3) is 2.98. The van der Waals surface area contributed by atoms with Crippen LogP contribution in [-0.4, -0.2) is 46.5 Å². The number of hydrogen-bond acceptors (Lipinski definition) is 3. The lowest BCUT2D eigenvalue weighted by atomic mass is 9.66. The highest BCUT2D eigenvalue weighted by Gasteiger charge is 2.57. The van der Waals surface area contributed by atoms with E-state index in [0.29, 0.717) is 13.0 Å². The minimum absolute atomic E-state index is 0.345. The topological polar surface area (TPSA) is 59.0 Å². The second kappa shape index (κ2) is 5.89. The Hall–Kier alpha value is -1.79. The highest BCUT2D eigenvalue weighted by molar-refractivity contribution is 6.55. The van der Waals surface area contributed by atoms with E-state index in [2.05, 4.69) is 0 Å². The molecule has 2 heterocycles. The van der Waals surface area contributed by atoms with E-state index in [1.807, 2.05) is 71.0 Å². The Balaban J connectivity index is 1.94. The second-order valence-electron chi connectivity index (χ2n) is 8.08. The summed E-state index contributed by atoms with van der Waals surface area (Å²) >= 11 is 0. The molecule has 134 valence electrons. The van der Waals surface area contributed by atoms with E-state index in [9.17, 15) is 9.90 Å². The predicted octanol–water partition coefficient (Wildman–Crippen LogP) is 3.54. The maximum atomic E-state index is 11.8. The van der Waals surface area contributed by atoms with Crippen LogP contribution in [0.15, 0.2) is 41.9 Å². The summed E-state index contributed by atoms with van der Waals surface area (Å²) in [4.78, 5) is 13.3. The van der Waals surface area contributed by atoms with Crippen molar-refractivity contribution in [2.45, 2.75) is 57.8 Å². The number of carboxylic acid groups (broad SMARTS) is 1. The minimum atomic E-state index is -0.929. The number of hydrogen-bond donors (Lipinski definition) is 1. The lowest BCUT2D eigenvalue weighted by Gasteiger charge is -2.37. The Labute approximate surface area is 149 Å². The molecule has 0 spiro atoms. The summed E-state index contributed by atoms with van der Waals surface area (Å²) in [5, 5.41) is 9.70. The molecule has 1 unspecified atom stereocenters. The molecule has 1 atom stereocenters. The van der Waals surface area contributed by atoms with E-state index in [4.69, 9.17) is 9.31 Å². The fraction of sp³-hybridized carbons (Fsp3) is 0.526. The Morgan fingerprint density at radius 2 is 1.68 bits per heavy atom. The molecular weight excluding hydrogens is 317 g/mol. The normalized spacial score (nSPS) is 27.5. The number of nitrogens with zero attached hydrogens (tertiary/aromatic N) is 1. The van der Waals surface area contributed by atoms with Crippen molar-refractivity contribution >= 4 is 13.2 Å². The van der Waals surface area contributed by atoms with Crippen molar-refractivity contribution in [3.05, 3.63) is 47.4 Å². The monoisotopic (exact) mass is 343 g/mol. The number of rotatable bonds is 3. The summed E-state index contributed by atoms with van der Waals surface area (Å²) in [5.74, 6) is 0. The zero-order chi connectivity index (χ0) is 18.5. The van der Waals surface area contributed by atoms with Gasteiger partial charge in [0.05, 0.1) is 16.7 Å². The van der Waals surface area contributed by atoms with Crippen LogP contribution in [-0.2, 0) is 15.7 Å². The Bertz CT molecular complexity index is 685. The van der Waals surface area contributed by atoms with Gasteiger partial charge in [-0.15, -0.1) is 0 Å². The van der Waals surface area contributed by atoms with E-state index < -0.39 is 30.0 Å². The predicted molar refractivity (Wildman–Crippen MR) is 97.4 cm³/mol. The van der Waals surface area contributed by atoms with Gasteiger partial charge >= 0.3 is 13.2 Å². The molecule has 3 rings (SSSR count). The van der Waals surface area contributed by atoms with E-state index >= 15 is 0 Å². The summed E-state index contributed by atoms with van der Waals surface area (Å²) in [6.45, 7) is 10.3. The highest BCUT2D eigenvalue weighted by Crippen LogP contribution is 2.44. The molecule has 6 heteroatoms. The van der Waals surface area contributed by atoms with E-state index in [1.165, 1.54) is 4.90 Å². The van der Waals surface area contributed by atoms with Gasteiger partial charge in [-0.05, 0) is 52.1 Å². The molecule has 2 aliphatic rings. The molecule has 2 aliphatic heterocycles. The van der Waals surface area contributed by atoms with Gasteiger partial charge in [-0.2, -0.15) is 0 Å². The fourth-order valence-electron chi connectivity index (χ4n) is 3.57. The molecule has 1 amide bonds. The summed E-state index contributed by atoms with van der Waals surface area (Å²) in [6, 6.07) is 9.94. The zero-order valence-electron chi connectivity index (χ0n) is 15.6. The molecule has 1 N–H and O–H groups in total. The first-order valence-corrected chi connectivity index (χ1v) is 8.67. The lowest BCUT2D eigenvalue weighted by Crippen LogP contribution is -2.51. The lowest BCUT2D eigenvalue weighted by molar-refractivity contribution is 0.00578. The first kappa shape index (κ1) is 18.0. The average molecular weight is 343 g/mol. The molecule has 25 heavy (non-hydrogen) atoms. The third-order valence-corrected chi connectivity index (χ3v) is 5.84. The molecule has 1 aromatic rings. The second-order valence-corrected chi connectivity index (χ2v) is 8.08. The van der Waals surface area contributed by atoms with Crippen molar-refractivity contribution in [3.63, 3.8) is 0 Å². The van der Waals surface area contributed by atoms with Gasteiger partial charge in [0.1, 0.15) is 0 Å². The minimum Gasteiger partial charge on any atom is -0.465 e. The maximum Gasteiger partial charge on any atom is 0.492 e. The molecule has 1 saturated heterocycles. The van der Waals surface area contributed by atoms with Gasteiger partial charge in [0.15, 0.2) is 0 Å². The van der Waals surface area contributed by atoms with E-state index in [0.717, 1.165) is 11.0 Å². The largest absolute Gasteiger partial charge is 0.492 e. The molecule has 1 aromatic carbocycles. The molecular formula is C19H26BNO4. The van der Waals surface area contributed by atoms with Gasteiger partial charge in [-0.3, -0.25) is 4.90 Å². The third-order valence-electron chi connectivity index (χ3n) is 5.84. The van der Waals surface area contributed by atoms with Crippen molar-refractivity contribution in [3.8, 4) is 0 Å². The molecule has 0 radical (unpaired) electrons. The van der Waals surface area contributed by atoms with Gasteiger partial charge in [-0.1, -0.05) is 36.4 Å². The van der Waals surface area contributed by atoms with Crippen LogP contribution in [0.4, 0.5) is 4.79 Å². The highest BCUT2D eigenvalue weighted by atomic mass is 16.7. The van der Waals surface area contributed by atoms with Gasteiger partial charge < -0.3 is 14.4 Å². The first-order valence-electron chi connectivity index (χ1n) is 8.67. The quantitative estimate of drug-likeness (QED) is 0.853. The van der Waals surface area contributed by atoms with Crippen LogP contribution >= 0.6 is 0 Å². The standard InChI is InChI=1S/C19H26BNO4/c1-17(2)18(3,4)25-20(24-17)15-11-12-21(16(22)23)19(15,5)13-14-9-7-6-8-10-14/h6-11H,12-13H2,1-5H3,(H,22,23). The Kier molecular flexibility index (Phi) is 4.24. The molecule has 0 saturated carbocycles. The van der Waals surface area contributed by atoms with Crippen LogP contribution in [0.2, 0.25) is 0 Å². The van der Waals surface area contributed by atoms with Gasteiger partial charge in [0, 0.05) is 6.54 Å². The molecule has 0 bridgehead atoms. The van der Waals surface area contributed by atoms with Crippen molar-refractivity contribution in [1.82, 2.24) is 4.90 Å². The Morgan fingerprint density at radius 1 is 1.12 bits per heavy atom. The van der Waals surface area contributed by atoms with Crippen molar-refractivity contribution in [2.24, 2.45) is 0 Å². The number of carbonyl (C=O) groups is 1. The molecule has 0 aliphatic carbocycles. The van der Waals surface area contributed by atoms with Crippen LogP contribution in [0.25, 0.3) is 0 Å². The summed E-state index contributed by atoms with van der Waals surface area (Å²) in [7, 11) is -0.539. The van der Waals surface area contributed by atoms with Crippen molar-refractivity contribution < 1.29 is 19.2 Å². The SMILES string of the molecule is CC1(Cc2ccccc2)C(B2OC(C)(C)C(C)(C)O2)=CCN1C(=O)O. The number of amides is 1. The van der Waals surface area contributed by atoms with Gasteiger partial charge in [0.2, 0.25) is 0 Å². The van der Waals surface area contributed by atoms with Gasteiger partial charge in [-0.25, -0.2) is 4.79 Å². The van der Waals surface area contributed by atoms with Crippen LogP contribution in [0, 0.1) is 0 Å². The average Bonchev–Trinajstić information content (AvgIpc) is 2.93. The molecule has 5 nitrogen and oxygen atoms in total. The van der Waals surface area contributed by atoms with E-state index in [-0.39, 0.29) is 0 Å². The smallest absolute Gasteiger partial charge is 0.465 e. The zero-order valence-corrected chi connectivity index (χ0v) is 15.6. The van der Waals surface area contributed by atoms with Crippen LogP contribution in [0.3, 0.4) is 0 Å². The summed E-state index contributed by atoms with van der Waals surface area (Å²) in [6.07, 6.45) is 1.59. The van der Waals surface area contributed by atoms with E-state index in [1.54, 1.807) is 0 Å². The van der Waals surface area contributed by atoms with Crippen molar-refractivity contribution in [1.29, 1.82) is 0 Å². The van der Waals surface area contributed by atoms with Crippen molar-refractivity contribution in [2.75, 3.05) is 6.54 Å². The fourth-order valence-corrected chi connectivity index (χ4v) is 3.57. The van der Waals surface area contributed by atoms with Gasteiger partial charge in [0.25, 0.3) is 0 Å². The number of benzene rings is 1. The summed E-state index contributed by atoms with van der Waals surface area (Å²) in [5.41, 5.74) is 0.359. The van der Waals surface area contributed by atoms with Crippen LogP contribution in [0.5, 0.6) is 0 Å². The molecule has 1 fully saturated rings. The maximum absolute atomic E-state index is 11.8. The Morgan fingerprint density at radius 3 is 2.20 bits per heavy atom.